The van der Waals surface area contributed by atoms with Crippen molar-refractivity contribution < 1.29 is 19.9 Å². The summed E-state index contributed by atoms with van der Waals surface area (Å²) < 4.78 is 0. The van der Waals surface area contributed by atoms with E-state index >= 15 is 0 Å². The average Bonchev–Trinajstić information content (AvgIpc) is 3.44. The van der Waals surface area contributed by atoms with Crippen molar-refractivity contribution in [3.8, 4) is 0 Å². The normalized spacial score (nSPS) is 16.1. The molecular weight excluding hydrogens is 420 g/mol. The molecule has 3 aromatic rings. The van der Waals surface area contributed by atoms with Gasteiger partial charge in [0, 0.05) is 35.8 Å². The number of carbonyl (C=O) groups excluding carboxylic acids is 2. The van der Waals surface area contributed by atoms with E-state index in [4.69, 9.17) is 10.3 Å². The van der Waals surface area contributed by atoms with E-state index in [0.29, 0.717) is 6.42 Å². The van der Waals surface area contributed by atoms with Crippen molar-refractivity contribution in [1.29, 1.82) is 0 Å². The van der Waals surface area contributed by atoms with Gasteiger partial charge in [0.15, 0.2) is 0 Å². The molecule has 2 atom stereocenters. The molecule has 2 amide bonds. The van der Waals surface area contributed by atoms with E-state index in [0.717, 1.165) is 40.4 Å². The van der Waals surface area contributed by atoms with E-state index in [1.165, 1.54) is 11.6 Å². The number of aliphatic hydroxyl groups is 1. The van der Waals surface area contributed by atoms with Gasteiger partial charge >= 0.3 is 0 Å². The van der Waals surface area contributed by atoms with Gasteiger partial charge in [0.05, 0.1) is 12.6 Å². The van der Waals surface area contributed by atoms with Gasteiger partial charge in [-0.25, -0.2) is 5.48 Å². The molecule has 0 aliphatic heterocycles. The molecule has 0 bridgehead atoms. The maximum atomic E-state index is 12.9. The molecule has 0 radical (unpaired) electrons. The van der Waals surface area contributed by atoms with Gasteiger partial charge < -0.3 is 15.4 Å². The number of hydrogen-bond acceptors (Lipinski definition) is 5. The first-order valence-electron chi connectivity index (χ1n) is 11.0. The second-order valence-corrected chi connectivity index (χ2v) is 8.16. The van der Waals surface area contributed by atoms with Gasteiger partial charge in [-0.05, 0) is 53.7 Å². The number of aryl methyl sites for hydroxylation is 1. The number of aromatic amines is 1. The number of fused-ring (bicyclic) bond motifs is 2. The Kier molecular flexibility index (Phi) is 7.19. The number of carbonyl (C=O) groups is 2. The third kappa shape index (κ3) is 5.31. The van der Waals surface area contributed by atoms with E-state index in [1.807, 2.05) is 48.7 Å². The predicted molar refractivity (Wildman–Crippen MR) is 125 cm³/mol. The third-order valence-corrected chi connectivity index (χ3v) is 6.01. The Balaban J connectivity index is 1.53. The Hall–Kier alpha value is -3.46. The van der Waals surface area contributed by atoms with Crippen molar-refractivity contribution in [3.05, 3.63) is 77.0 Å². The van der Waals surface area contributed by atoms with Crippen LogP contribution in [0.15, 0.2) is 54.7 Å². The molecule has 6 N–H and O–H groups in total. The quantitative estimate of drug-likeness (QED) is 0.170. The van der Waals surface area contributed by atoms with E-state index in [9.17, 15) is 9.59 Å². The molecule has 8 heteroatoms. The molecule has 2 unspecified atom stereocenters. The summed E-state index contributed by atoms with van der Waals surface area (Å²) in [6.45, 7) is 0.103. The second kappa shape index (κ2) is 10.4. The molecule has 172 valence electrons. The number of hydrogen-bond donors (Lipinski definition) is 6. The van der Waals surface area contributed by atoms with Crippen LogP contribution in [0.25, 0.3) is 17.0 Å². The number of para-hydroxylation sites is 1. The van der Waals surface area contributed by atoms with Crippen LogP contribution in [0.3, 0.4) is 0 Å². The molecule has 1 aliphatic rings. The first-order valence-corrected chi connectivity index (χ1v) is 11.0. The van der Waals surface area contributed by atoms with Gasteiger partial charge in [0.2, 0.25) is 5.91 Å². The monoisotopic (exact) mass is 448 g/mol. The highest BCUT2D eigenvalue weighted by Crippen LogP contribution is 2.33. The predicted octanol–water partition coefficient (Wildman–Crippen LogP) is 1.98. The maximum absolute atomic E-state index is 12.9. The van der Waals surface area contributed by atoms with Crippen molar-refractivity contribution in [1.82, 2.24) is 21.1 Å². The number of rotatable bonds is 9. The Bertz CT molecular complexity index is 1170. The minimum absolute atomic E-state index is 0.0221. The standard InChI is InChI=1S/C25H28N4O4/c30-12-11-26-25(32)23(14-18-15-27-21-4-2-1-3-19(18)21)28-22-9-7-17-13-16(5-8-20(17)22)6-10-24(31)29-33/h1-6,8,10,13,15,22-23,27-28,30,33H,7,9,11-12,14H2,(H,26,32)(H,29,31). The van der Waals surface area contributed by atoms with Gasteiger partial charge in [-0.1, -0.05) is 36.4 Å². The molecule has 0 saturated carbocycles. The van der Waals surface area contributed by atoms with Gasteiger partial charge in [0.25, 0.3) is 5.91 Å². The number of benzene rings is 2. The summed E-state index contributed by atoms with van der Waals surface area (Å²) in [7, 11) is 0. The smallest absolute Gasteiger partial charge is 0.267 e. The number of amides is 2. The fourth-order valence-electron chi connectivity index (χ4n) is 4.42. The van der Waals surface area contributed by atoms with Crippen LogP contribution in [0, 0.1) is 0 Å². The molecule has 1 aromatic heterocycles. The molecule has 8 nitrogen and oxygen atoms in total. The minimum Gasteiger partial charge on any atom is -0.395 e. The van der Waals surface area contributed by atoms with Gasteiger partial charge in [0.1, 0.15) is 0 Å². The van der Waals surface area contributed by atoms with E-state index in [2.05, 4.69) is 15.6 Å². The zero-order chi connectivity index (χ0) is 23.2. The largest absolute Gasteiger partial charge is 0.395 e. The van der Waals surface area contributed by atoms with Crippen LogP contribution >= 0.6 is 0 Å². The second-order valence-electron chi connectivity index (χ2n) is 8.16. The topological polar surface area (TPSA) is 126 Å². The Morgan fingerprint density at radius 3 is 2.88 bits per heavy atom. The van der Waals surface area contributed by atoms with E-state index in [1.54, 1.807) is 11.6 Å². The van der Waals surface area contributed by atoms with Crippen molar-refractivity contribution in [2.45, 2.75) is 31.3 Å². The summed E-state index contributed by atoms with van der Waals surface area (Å²) in [5, 5.41) is 25.2. The number of aliphatic hydroxyl groups excluding tert-OH is 1. The average molecular weight is 449 g/mol. The third-order valence-electron chi connectivity index (χ3n) is 6.01. The Morgan fingerprint density at radius 2 is 2.06 bits per heavy atom. The highest BCUT2D eigenvalue weighted by molar-refractivity contribution is 5.91. The lowest BCUT2D eigenvalue weighted by molar-refractivity contribution is -0.124. The van der Waals surface area contributed by atoms with Crippen LogP contribution in [-0.2, 0) is 22.4 Å². The molecule has 0 fully saturated rings. The number of hydroxylamine groups is 1. The summed E-state index contributed by atoms with van der Waals surface area (Å²) in [6.07, 6.45) is 7.10. The SMILES string of the molecule is O=C(C=Cc1ccc2c(c1)CCC2NC(Cc1c[nH]c2ccccc12)C(=O)NCCO)NO. The van der Waals surface area contributed by atoms with Crippen molar-refractivity contribution in [2.75, 3.05) is 13.2 Å². The summed E-state index contributed by atoms with van der Waals surface area (Å²) in [5.41, 5.74) is 6.84. The first-order chi connectivity index (χ1) is 16.1. The van der Waals surface area contributed by atoms with Crippen LogP contribution in [0.1, 0.15) is 34.7 Å². The molecule has 0 spiro atoms. The summed E-state index contributed by atoms with van der Waals surface area (Å²) in [6, 6.07) is 13.5. The van der Waals surface area contributed by atoms with Crippen molar-refractivity contribution in [3.63, 3.8) is 0 Å². The number of H-pyrrole nitrogens is 1. The fraction of sp³-hybridized carbons (Fsp3) is 0.280. The van der Waals surface area contributed by atoms with Crippen LogP contribution < -0.4 is 16.1 Å². The van der Waals surface area contributed by atoms with Gasteiger partial charge in [-0.3, -0.25) is 20.1 Å². The zero-order valence-corrected chi connectivity index (χ0v) is 18.2. The van der Waals surface area contributed by atoms with E-state index in [-0.39, 0.29) is 25.1 Å². The zero-order valence-electron chi connectivity index (χ0n) is 18.2. The molecule has 2 aromatic carbocycles. The van der Waals surface area contributed by atoms with Crippen LogP contribution in [0.4, 0.5) is 0 Å². The highest BCUT2D eigenvalue weighted by atomic mass is 16.5. The van der Waals surface area contributed by atoms with Crippen molar-refractivity contribution >= 4 is 28.8 Å². The van der Waals surface area contributed by atoms with Crippen LogP contribution in [0.5, 0.6) is 0 Å². The first kappa shape index (κ1) is 22.7. The Morgan fingerprint density at radius 1 is 1.21 bits per heavy atom. The van der Waals surface area contributed by atoms with Crippen LogP contribution in [0.2, 0.25) is 0 Å². The number of aromatic nitrogens is 1. The lowest BCUT2D eigenvalue weighted by Gasteiger charge is -2.23. The van der Waals surface area contributed by atoms with Gasteiger partial charge in [-0.2, -0.15) is 0 Å². The molecular formula is C25H28N4O4. The van der Waals surface area contributed by atoms with E-state index < -0.39 is 11.9 Å². The highest BCUT2D eigenvalue weighted by Gasteiger charge is 2.28. The van der Waals surface area contributed by atoms with Crippen LogP contribution in [-0.4, -0.2) is 46.3 Å². The minimum atomic E-state index is -0.580. The Labute approximate surface area is 191 Å². The molecule has 33 heavy (non-hydrogen) atoms. The maximum Gasteiger partial charge on any atom is 0.267 e. The lowest BCUT2D eigenvalue weighted by Crippen LogP contribution is -2.47. The molecule has 4 rings (SSSR count). The summed E-state index contributed by atoms with van der Waals surface area (Å²) >= 11 is 0. The number of nitrogens with one attached hydrogen (secondary N) is 4. The molecule has 0 saturated heterocycles. The van der Waals surface area contributed by atoms with Gasteiger partial charge in [-0.15, -0.1) is 0 Å². The molecule has 1 aliphatic carbocycles. The molecule has 1 heterocycles. The fourth-order valence-corrected chi connectivity index (χ4v) is 4.42. The summed E-state index contributed by atoms with van der Waals surface area (Å²) in [5.74, 6) is -0.721. The lowest BCUT2D eigenvalue weighted by atomic mass is 10.0. The van der Waals surface area contributed by atoms with Crippen molar-refractivity contribution in [2.24, 2.45) is 0 Å². The summed E-state index contributed by atoms with van der Waals surface area (Å²) in [4.78, 5) is 27.4.